The van der Waals surface area contributed by atoms with Crippen LogP contribution < -0.4 is 5.32 Å². The minimum absolute atomic E-state index is 0.0154. The summed E-state index contributed by atoms with van der Waals surface area (Å²) in [4.78, 5) is 37.8. The van der Waals surface area contributed by atoms with E-state index in [1.165, 1.54) is 12.1 Å². The summed E-state index contributed by atoms with van der Waals surface area (Å²) in [6.45, 7) is 2.17. The third kappa shape index (κ3) is 6.50. The number of halogens is 2. The van der Waals surface area contributed by atoms with Gasteiger partial charge in [0.05, 0.1) is 11.6 Å². The summed E-state index contributed by atoms with van der Waals surface area (Å²) in [7, 11) is 0. The highest BCUT2D eigenvalue weighted by molar-refractivity contribution is 7.99. The van der Waals surface area contributed by atoms with Crippen LogP contribution in [0.25, 0.3) is 0 Å². The third-order valence-electron chi connectivity index (χ3n) is 4.13. The van der Waals surface area contributed by atoms with E-state index in [-0.39, 0.29) is 16.5 Å². The molecule has 148 valence electrons. The first-order valence-electron chi connectivity index (χ1n) is 8.68. The Labute approximate surface area is 160 Å². The molecule has 0 spiro atoms. The van der Waals surface area contributed by atoms with Crippen molar-refractivity contribution in [3.8, 4) is 0 Å². The number of ether oxygens (including phenoxy) is 1. The van der Waals surface area contributed by atoms with Crippen molar-refractivity contribution in [1.29, 1.82) is 0 Å². The molecule has 1 fully saturated rings. The highest BCUT2D eigenvalue weighted by Gasteiger charge is 2.29. The van der Waals surface area contributed by atoms with Crippen molar-refractivity contribution in [1.82, 2.24) is 4.90 Å². The zero-order valence-corrected chi connectivity index (χ0v) is 15.8. The molecule has 0 saturated carbocycles. The number of alkyl halides is 2. The summed E-state index contributed by atoms with van der Waals surface area (Å²) >= 11 is 0.326. The minimum Gasteiger partial charge on any atom is -0.455 e. The molecular formula is C18H22F2N2O4S. The van der Waals surface area contributed by atoms with Gasteiger partial charge >= 0.3 is 5.97 Å². The number of rotatable bonds is 7. The number of nitrogens with zero attached hydrogens (tertiary/aromatic N) is 1. The number of nitrogens with one attached hydrogen (secondary N) is 1. The van der Waals surface area contributed by atoms with Gasteiger partial charge in [-0.2, -0.15) is 8.78 Å². The number of carbonyl (C=O) groups is 3. The Morgan fingerprint density at radius 2 is 2.07 bits per heavy atom. The number of likely N-dealkylation sites (tertiary alicyclic amines) is 1. The lowest BCUT2D eigenvalue weighted by Crippen LogP contribution is -2.42. The van der Waals surface area contributed by atoms with Crippen molar-refractivity contribution in [3.05, 3.63) is 24.3 Å². The molecule has 0 radical (unpaired) electrons. The third-order valence-corrected chi connectivity index (χ3v) is 4.92. The number of hydrogen-bond donors (Lipinski definition) is 1. The van der Waals surface area contributed by atoms with Crippen molar-refractivity contribution >= 4 is 35.2 Å². The smallest absolute Gasteiger partial charge is 0.311 e. The topological polar surface area (TPSA) is 75.7 Å². The second-order valence-corrected chi connectivity index (χ2v) is 7.09. The molecule has 0 aromatic heterocycles. The Morgan fingerprint density at radius 1 is 1.33 bits per heavy atom. The molecule has 6 nitrogen and oxygen atoms in total. The van der Waals surface area contributed by atoms with Crippen LogP contribution in [0.3, 0.4) is 0 Å². The molecule has 0 aliphatic carbocycles. The first-order chi connectivity index (χ1) is 12.9. The molecule has 1 N–H and O–H groups in total. The van der Waals surface area contributed by atoms with Crippen molar-refractivity contribution < 1.29 is 27.9 Å². The van der Waals surface area contributed by atoms with Crippen LogP contribution in [0.15, 0.2) is 29.2 Å². The summed E-state index contributed by atoms with van der Waals surface area (Å²) in [6, 6.07) is 6.17. The van der Waals surface area contributed by atoms with Gasteiger partial charge in [0.1, 0.15) is 0 Å². The van der Waals surface area contributed by atoms with Crippen LogP contribution in [-0.2, 0) is 19.1 Å². The van der Waals surface area contributed by atoms with E-state index in [9.17, 15) is 23.2 Å². The quantitative estimate of drug-likeness (QED) is 0.562. The van der Waals surface area contributed by atoms with Crippen LogP contribution in [0, 0.1) is 5.92 Å². The first kappa shape index (κ1) is 21.1. The number of para-hydroxylation sites is 1. The molecule has 2 rings (SSSR count). The predicted molar refractivity (Wildman–Crippen MR) is 97.5 cm³/mol. The number of esters is 1. The van der Waals surface area contributed by atoms with Gasteiger partial charge in [0, 0.05) is 24.4 Å². The fourth-order valence-corrected chi connectivity index (χ4v) is 3.42. The number of hydrogen-bond acceptors (Lipinski definition) is 5. The molecule has 0 bridgehead atoms. The Hall–Kier alpha value is -2.16. The zero-order chi connectivity index (χ0) is 19.8. The highest BCUT2D eigenvalue weighted by Crippen LogP contribution is 2.31. The lowest BCUT2D eigenvalue weighted by molar-refractivity contribution is -0.154. The SMILES string of the molecule is CCC(=O)N1CCCC(C(=O)OCC(=O)Nc2ccccc2SC(F)F)C1. The molecule has 1 heterocycles. The highest BCUT2D eigenvalue weighted by atomic mass is 32.2. The molecule has 9 heteroatoms. The molecule has 1 aromatic rings. The van der Waals surface area contributed by atoms with Gasteiger partial charge in [0.25, 0.3) is 11.7 Å². The summed E-state index contributed by atoms with van der Waals surface area (Å²) in [5.41, 5.74) is 0.237. The lowest BCUT2D eigenvalue weighted by Gasteiger charge is -2.31. The maximum Gasteiger partial charge on any atom is 0.311 e. The molecule has 1 atom stereocenters. The number of anilines is 1. The van der Waals surface area contributed by atoms with Gasteiger partial charge in [0.2, 0.25) is 5.91 Å². The normalized spacial score (nSPS) is 16.9. The molecule has 1 unspecified atom stereocenters. The summed E-state index contributed by atoms with van der Waals surface area (Å²) in [5, 5.41) is 2.48. The molecule has 1 aromatic carbocycles. The minimum atomic E-state index is -2.61. The molecule has 1 aliphatic heterocycles. The Bertz CT molecular complexity index is 687. The average molecular weight is 400 g/mol. The number of thioether (sulfide) groups is 1. The standard InChI is InChI=1S/C18H22F2N2O4S/c1-2-16(24)22-9-5-6-12(10-22)17(25)26-11-15(23)21-13-7-3-4-8-14(13)27-18(19)20/h3-4,7-8,12,18H,2,5-6,9-11H2,1H3,(H,21,23). The number of benzene rings is 1. The second kappa shape index (κ2) is 10.2. The van der Waals surface area contributed by atoms with Crippen LogP contribution >= 0.6 is 11.8 Å². The van der Waals surface area contributed by atoms with Crippen molar-refractivity contribution in [2.45, 2.75) is 36.8 Å². The van der Waals surface area contributed by atoms with E-state index in [4.69, 9.17) is 4.74 Å². The number of carbonyl (C=O) groups excluding carboxylic acids is 3. The monoisotopic (exact) mass is 400 g/mol. The van der Waals surface area contributed by atoms with Crippen molar-refractivity contribution in [2.75, 3.05) is 25.0 Å². The van der Waals surface area contributed by atoms with Gasteiger partial charge < -0.3 is 15.0 Å². The van der Waals surface area contributed by atoms with Gasteiger partial charge in [0.15, 0.2) is 6.61 Å². The first-order valence-corrected chi connectivity index (χ1v) is 9.56. The number of amides is 2. The largest absolute Gasteiger partial charge is 0.455 e. The fourth-order valence-electron chi connectivity index (χ4n) is 2.83. The van der Waals surface area contributed by atoms with E-state index >= 15 is 0 Å². The van der Waals surface area contributed by atoms with Crippen LogP contribution in [0.4, 0.5) is 14.5 Å². The summed E-state index contributed by atoms with van der Waals surface area (Å²) in [5.74, 6) is -4.22. The van der Waals surface area contributed by atoms with E-state index in [2.05, 4.69) is 5.32 Å². The van der Waals surface area contributed by atoms with Gasteiger partial charge in [-0.05, 0) is 25.0 Å². The van der Waals surface area contributed by atoms with Crippen molar-refractivity contribution in [2.24, 2.45) is 5.92 Å². The van der Waals surface area contributed by atoms with E-state index in [1.54, 1.807) is 24.0 Å². The second-order valence-electron chi connectivity index (χ2n) is 6.06. The zero-order valence-electron chi connectivity index (χ0n) is 15.0. The Morgan fingerprint density at radius 3 is 2.78 bits per heavy atom. The predicted octanol–water partition coefficient (Wildman–Crippen LogP) is 3.13. The maximum atomic E-state index is 12.6. The summed E-state index contributed by atoms with van der Waals surface area (Å²) in [6.07, 6.45) is 1.68. The van der Waals surface area contributed by atoms with Crippen LogP contribution in [0.1, 0.15) is 26.2 Å². The number of piperidine rings is 1. The van der Waals surface area contributed by atoms with E-state index < -0.39 is 30.2 Å². The molecule has 2 amide bonds. The van der Waals surface area contributed by atoms with Crippen LogP contribution in [0.2, 0.25) is 0 Å². The molecule has 1 saturated heterocycles. The molecule has 1 aliphatic rings. The maximum absolute atomic E-state index is 12.6. The Balaban J connectivity index is 1.85. The van der Waals surface area contributed by atoms with E-state index in [0.717, 1.165) is 0 Å². The van der Waals surface area contributed by atoms with E-state index in [1.807, 2.05) is 0 Å². The van der Waals surface area contributed by atoms with Gasteiger partial charge in [-0.3, -0.25) is 14.4 Å². The average Bonchev–Trinajstić information content (AvgIpc) is 2.66. The van der Waals surface area contributed by atoms with Crippen LogP contribution in [-0.4, -0.2) is 48.1 Å². The van der Waals surface area contributed by atoms with Crippen LogP contribution in [0.5, 0.6) is 0 Å². The van der Waals surface area contributed by atoms with Gasteiger partial charge in [-0.1, -0.05) is 30.8 Å². The van der Waals surface area contributed by atoms with Gasteiger partial charge in [-0.15, -0.1) is 0 Å². The lowest BCUT2D eigenvalue weighted by atomic mass is 9.98. The summed E-state index contributed by atoms with van der Waals surface area (Å²) < 4.78 is 30.2. The van der Waals surface area contributed by atoms with Gasteiger partial charge in [-0.25, -0.2) is 0 Å². The Kier molecular flexibility index (Phi) is 8.02. The molecular weight excluding hydrogens is 378 g/mol. The molecule has 27 heavy (non-hydrogen) atoms. The van der Waals surface area contributed by atoms with Crippen molar-refractivity contribution in [3.63, 3.8) is 0 Å². The fraction of sp³-hybridized carbons (Fsp3) is 0.500. The van der Waals surface area contributed by atoms with E-state index in [0.29, 0.717) is 44.1 Å².